The highest BCUT2D eigenvalue weighted by atomic mass is 16.1. The van der Waals surface area contributed by atoms with Crippen molar-refractivity contribution in [1.82, 2.24) is 0 Å². The van der Waals surface area contributed by atoms with Gasteiger partial charge >= 0.3 is 0 Å². The second-order valence-electron chi connectivity index (χ2n) is 2.45. The largest absolute Gasteiger partial charge is 0.303 e. The van der Waals surface area contributed by atoms with E-state index in [1.807, 2.05) is 0 Å². The number of hydrogen-bond donors (Lipinski definition) is 0. The average molecular weight is 126 g/mol. The van der Waals surface area contributed by atoms with Crippen molar-refractivity contribution in [1.29, 1.82) is 0 Å². The van der Waals surface area contributed by atoms with E-state index in [0.717, 1.165) is 25.5 Å². The first kappa shape index (κ1) is 6.46. The van der Waals surface area contributed by atoms with Crippen LogP contribution in [0.5, 0.6) is 0 Å². The number of ketones is 1. The smallest absolute Gasteiger partial charge is 0.143 e. The normalized spacial score (nSPS) is 28.0. The highest BCUT2D eigenvalue weighted by Gasteiger charge is 2.20. The second kappa shape index (κ2) is 2.76. The molecule has 0 aromatic heterocycles. The SMILES string of the molecule is O=CC1CCCCC1=O. The molecule has 0 aliphatic heterocycles. The Labute approximate surface area is 54.2 Å². The highest BCUT2D eigenvalue weighted by molar-refractivity contribution is 5.93. The van der Waals surface area contributed by atoms with Crippen molar-refractivity contribution in [2.24, 2.45) is 5.92 Å². The summed E-state index contributed by atoms with van der Waals surface area (Å²) >= 11 is 0. The molecule has 0 amide bonds. The van der Waals surface area contributed by atoms with E-state index < -0.39 is 0 Å². The molecule has 0 aromatic rings. The van der Waals surface area contributed by atoms with Crippen LogP contribution in [0.4, 0.5) is 0 Å². The zero-order valence-electron chi connectivity index (χ0n) is 5.30. The predicted octanol–water partition coefficient (Wildman–Crippen LogP) is 0.945. The third-order valence-electron chi connectivity index (χ3n) is 1.77. The fraction of sp³-hybridized carbons (Fsp3) is 0.714. The van der Waals surface area contributed by atoms with Crippen LogP contribution >= 0.6 is 0 Å². The fourth-order valence-corrected chi connectivity index (χ4v) is 1.15. The van der Waals surface area contributed by atoms with Gasteiger partial charge in [0.15, 0.2) is 0 Å². The van der Waals surface area contributed by atoms with Gasteiger partial charge in [-0.25, -0.2) is 0 Å². The van der Waals surface area contributed by atoms with Gasteiger partial charge in [0.25, 0.3) is 0 Å². The molecule has 1 unspecified atom stereocenters. The molecule has 0 spiro atoms. The molecule has 50 valence electrons. The van der Waals surface area contributed by atoms with Crippen LogP contribution in [0.2, 0.25) is 0 Å². The van der Waals surface area contributed by atoms with Gasteiger partial charge in [-0.15, -0.1) is 0 Å². The highest BCUT2D eigenvalue weighted by Crippen LogP contribution is 2.17. The van der Waals surface area contributed by atoms with Crippen LogP contribution in [0.15, 0.2) is 0 Å². The maximum atomic E-state index is 10.8. The lowest BCUT2D eigenvalue weighted by Gasteiger charge is -2.13. The van der Waals surface area contributed by atoms with Crippen LogP contribution in [0.25, 0.3) is 0 Å². The molecule has 0 saturated heterocycles. The molecule has 9 heavy (non-hydrogen) atoms. The Morgan fingerprint density at radius 3 is 2.67 bits per heavy atom. The van der Waals surface area contributed by atoms with Crippen molar-refractivity contribution in [3.8, 4) is 0 Å². The lowest BCUT2D eigenvalue weighted by molar-refractivity contribution is -0.128. The summed E-state index contributed by atoms with van der Waals surface area (Å²) in [6, 6.07) is 0. The molecule has 0 heterocycles. The van der Waals surface area contributed by atoms with Crippen molar-refractivity contribution in [3.05, 3.63) is 0 Å². The quantitative estimate of drug-likeness (QED) is 0.387. The molecule has 0 radical (unpaired) electrons. The average Bonchev–Trinajstić information content (AvgIpc) is 1.89. The third-order valence-corrected chi connectivity index (χ3v) is 1.77. The molecule has 1 aliphatic carbocycles. The Bertz CT molecular complexity index is 129. The molecule has 0 bridgehead atoms. The first-order valence-corrected chi connectivity index (χ1v) is 3.32. The summed E-state index contributed by atoms with van der Waals surface area (Å²) in [5.41, 5.74) is 0. The van der Waals surface area contributed by atoms with Gasteiger partial charge in [0, 0.05) is 6.42 Å². The number of aldehydes is 1. The zero-order chi connectivity index (χ0) is 6.69. The van der Waals surface area contributed by atoms with E-state index in [1.54, 1.807) is 0 Å². The van der Waals surface area contributed by atoms with Gasteiger partial charge in [0.05, 0.1) is 5.92 Å². The second-order valence-corrected chi connectivity index (χ2v) is 2.45. The Kier molecular flexibility index (Phi) is 1.98. The summed E-state index contributed by atoms with van der Waals surface area (Å²) in [4.78, 5) is 20.9. The van der Waals surface area contributed by atoms with Crippen LogP contribution in [0.3, 0.4) is 0 Å². The molecule has 1 fully saturated rings. The van der Waals surface area contributed by atoms with Crippen LogP contribution in [-0.4, -0.2) is 12.1 Å². The summed E-state index contributed by atoms with van der Waals surface area (Å²) in [7, 11) is 0. The predicted molar refractivity (Wildman–Crippen MR) is 33.0 cm³/mol. The molecule has 1 saturated carbocycles. The molecular weight excluding hydrogens is 116 g/mol. The molecule has 1 aliphatic rings. The van der Waals surface area contributed by atoms with Crippen LogP contribution in [-0.2, 0) is 9.59 Å². The van der Waals surface area contributed by atoms with E-state index in [2.05, 4.69) is 0 Å². The number of Topliss-reactive ketones (excluding diaryl/α,β-unsaturated/α-hetero) is 1. The molecule has 0 aromatic carbocycles. The minimum atomic E-state index is -0.265. The van der Waals surface area contributed by atoms with Crippen molar-refractivity contribution in [2.45, 2.75) is 25.7 Å². The monoisotopic (exact) mass is 126 g/mol. The van der Waals surface area contributed by atoms with Gasteiger partial charge in [0.1, 0.15) is 12.1 Å². The first-order chi connectivity index (χ1) is 4.34. The molecule has 2 heteroatoms. The number of carbonyl (C=O) groups excluding carboxylic acids is 2. The summed E-state index contributed by atoms with van der Waals surface area (Å²) < 4.78 is 0. The lowest BCUT2D eigenvalue weighted by atomic mass is 9.89. The minimum absolute atomic E-state index is 0.135. The van der Waals surface area contributed by atoms with E-state index in [1.165, 1.54) is 0 Å². The van der Waals surface area contributed by atoms with Gasteiger partial charge in [-0.2, -0.15) is 0 Å². The third kappa shape index (κ3) is 1.37. The number of carbonyl (C=O) groups is 2. The van der Waals surface area contributed by atoms with Crippen molar-refractivity contribution in [2.75, 3.05) is 0 Å². The minimum Gasteiger partial charge on any atom is -0.303 e. The summed E-state index contributed by atoms with van der Waals surface area (Å²) in [5.74, 6) is -0.130. The van der Waals surface area contributed by atoms with Crippen LogP contribution in [0.1, 0.15) is 25.7 Å². The Morgan fingerprint density at radius 1 is 1.44 bits per heavy atom. The van der Waals surface area contributed by atoms with Crippen molar-refractivity contribution < 1.29 is 9.59 Å². The number of rotatable bonds is 1. The zero-order valence-corrected chi connectivity index (χ0v) is 5.30. The van der Waals surface area contributed by atoms with E-state index in [0.29, 0.717) is 6.42 Å². The van der Waals surface area contributed by atoms with E-state index in [9.17, 15) is 9.59 Å². The maximum Gasteiger partial charge on any atom is 0.143 e. The van der Waals surface area contributed by atoms with E-state index in [4.69, 9.17) is 0 Å². The van der Waals surface area contributed by atoms with Gasteiger partial charge in [-0.3, -0.25) is 4.79 Å². The van der Waals surface area contributed by atoms with Gasteiger partial charge in [0.2, 0.25) is 0 Å². The fourth-order valence-electron chi connectivity index (χ4n) is 1.15. The van der Waals surface area contributed by atoms with E-state index >= 15 is 0 Å². The molecule has 1 atom stereocenters. The lowest BCUT2D eigenvalue weighted by Crippen LogP contribution is -2.19. The number of hydrogen-bond acceptors (Lipinski definition) is 2. The standard InChI is InChI=1S/C7H10O2/c8-5-6-3-1-2-4-7(6)9/h5-6H,1-4H2. The topological polar surface area (TPSA) is 34.1 Å². The van der Waals surface area contributed by atoms with Crippen molar-refractivity contribution >= 4 is 12.1 Å². The summed E-state index contributed by atoms with van der Waals surface area (Å²) in [5, 5.41) is 0. The van der Waals surface area contributed by atoms with Crippen LogP contribution in [0, 0.1) is 5.92 Å². The van der Waals surface area contributed by atoms with E-state index in [-0.39, 0.29) is 11.7 Å². The summed E-state index contributed by atoms with van der Waals surface area (Å²) in [6.07, 6.45) is 4.19. The molecule has 1 rings (SSSR count). The van der Waals surface area contributed by atoms with Crippen LogP contribution < -0.4 is 0 Å². The molecule has 0 N–H and O–H groups in total. The molecular formula is C7H10O2. The maximum absolute atomic E-state index is 10.8. The Balaban J connectivity index is 2.48. The Hall–Kier alpha value is -0.660. The molecule has 2 nitrogen and oxygen atoms in total. The Morgan fingerprint density at radius 2 is 2.22 bits per heavy atom. The van der Waals surface area contributed by atoms with Gasteiger partial charge in [-0.05, 0) is 12.8 Å². The van der Waals surface area contributed by atoms with Gasteiger partial charge in [-0.1, -0.05) is 6.42 Å². The van der Waals surface area contributed by atoms with Gasteiger partial charge < -0.3 is 4.79 Å². The summed E-state index contributed by atoms with van der Waals surface area (Å²) in [6.45, 7) is 0. The van der Waals surface area contributed by atoms with Crippen molar-refractivity contribution in [3.63, 3.8) is 0 Å². The first-order valence-electron chi connectivity index (χ1n) is 3.32.